The van der Waals surface area contributed by atoms with Crippen molar-refractivity contribution in [2.24, 2.45) is 0 Å². The topological polar surface area (TPSA) is 9.23 Å². The molecule has 0 amide bonds. The fourth-order valence-electron chi connectivity index (χ4n) is 1.86. The Morgan fingerprint density at radius 3 is 2.63 bits per heavy atom. The molecule has 1 aliphatic rings. The van der Waals surface area contributed by atoms with Crippen molar-refractivity contribution < 1.29 is 9.13 Å². The van der Waals surface area contributed by atoms with Crippen molar-refractivity contribution in [1.29, 1.82) is 0 Å². The molecular formula is C17H11FO. The standard InChI is InChI=1S/C17H11FO/c18-15-9-5-13(6-10-15)7-11-16-12-8-14-3-1-2-4-17(14)19-16/h1-6,8-10,12,16H. The lowest BCUT2D eigenvalue weighted by Gasteiger charge is -2.16. The van der Waals surface area contributed by atoms with E-state index in [2.05, 4.69) is 11.8 Å². The average Bonchev–Trinajstić information content (AvgIpc) is 2.46. The first kappa shape index (κ1) is 11.6. The maximum atomic E-state index is 12.8. The lowest BCUT2D eigenvalue weighted by atomic mass is 10.1. The van der Waals surface area contributed by atoms with E-state index < -0.39 is 0 Å². The highest BCUT2D eigenvalue weighted by Gasteiger charge is 2.10. The lowest BCUT2D eigenvalue weighted by Crippen LogP contribution is -2.14. The molecule has 0 fully saturated rings. The maximum absolute atomic E-state index is 12.8. The molecule has 2 aromatic carbocycles. The van der Waals surface area contributed by atoms with Crippen LogP contribution in [0.2, 0.25) is 0 Å². The number of fused-ring (bicyclic) bond motifs is 1. The molecule has 1 aliphatic heterocycles. The first-order chi connectivity index (χ1) is 9.31. The molecule has 19 heavy (non-hydrogen) atoms. The summed E-state index contributed by atoms with van der Waals surface area (Å²) in [5.41, 5.74) is 1.83. The van der Waals surface area contributed by atoms with Crippen LogP contribution in [-0.2, 0) is 0 Å². The summed E-state index contributed by atoms with van der Waals surface area (Å²) in [6.07, 6.45) is 3.65. The van der Waals surface area contributed by atoms with Crippen molar-refractivity contribution in [3.8, 4) is 17.6 Å². The number of rotatable bonds is 0. The summed E-state index contributed by atoms with van der Waals surface area (Å²) < 4.78 is 18.5. The van der Waals surface area contributed by atoms with Gasteiger partial charge in [-0.05, 0) is 42.3 Å². The van der Waals surface area contributed by atoms with Crippen LogP contribution in [0.5, 0.6) is 5.75 Å². The lowest BCUT2D eigenvalue weighted by molar-refractivity contribution is 0.301. The van der Waals surface area contributed by atoms with Gasteiger partial charge < -0.3 is 4.74 Å². The predicted molar refractivity (Wildman–Crippen MR) is 73.2 cm³/mol. The molecule has 0 saturated heterocycles. The second-order valence-corrected chi connectivity index (χ2v) is 4.21. The summed E-state index contributed by atoms with van der Waals surface area (Å²) in [7, 11) is 0. The molecule has 0 bridgehead atoms. The summed E-state index contributed by atoms with van der Waals surface area (Å²) in [5.74, 6) is 6.58. The molecule has 0 aromatic heterocycles. The monoisotopic (exact) mass is 250 g/mol. The van der Waals surface area contributed by atoms with Gasteiger partial charge in [-0.1, -0.05) is 30.2 Å². The molecular weight excluding hydrogens is 239 g/mol. The molecule has 1 unspecified atom stereocenters. The second-order valence-electron chi connectivity index (χ2n) is 4.21. The summed E-state index contributed by atoms with van der Waals surface area (Å²) in [6.45, 7) is 0. The van der Waals surface area contributed by atoms with Crippen LogP contribution < -0.4 is 4.74 Å². The van der Waals surface area contributed by atoms with Crippen LogP contribution in [0.1, 0.15) is 11.1 Å². The van der Waals surface area contributed by atoms with Gasteiger partial charge >= 0.3 is 0 Å². The highest BCUT2D eigenvalue weighted by molar-refractivity contribution is 5.60. The minimum atomic E-state index is -0.264. The van der Waals surface area contributed by atoms with Crippen molar-refractivity contribution in [3.05, 3.63) is 71.6 Å². The number of para-hydroxylation sites is 1. The van der Waals surface area contributed by atoms with E-state index in [9.17, 15) is 4.39 Å². The van der Waals surface area contributed by atoms with Gasteiger partial charge in [-0.2, -0.15) is 0 Å². The SMILES string of the molecule is Fc1ccc(C#CC2C=Cc3ccccc3O2)cc1. The molecule has 2 heteroatoms. The third-order valence-electron chi connectivity index (χ3n) is 2.83. The number of hydrogen-bond donors (Lipinski definition) is 0. The predicted octanol–water partition coefficient (Wildman–Crippen LogP) is 3.65. The van der Waals surface area contributed by atoms with Crippen molar-refractivity contribution in [1.82, 2.24) is 0 Å². The molecule has 0 N–H and O–H groups in total. The minimum absolute atomic E-state index is 0.256. The van der Waals surface area contributed by atoms with Crippen LogP contribution in [0.3, 0.4) is 0 Å². The number of benzene rings is 2. The van der Waals surface area contributed by atoms with Crippen LogP contribution in [-0.4, -0.2) is 6.10 Å². The Balaban J connectivity index is 1.78. The first-order valence-corrected chi connectivity index (χ1v) is 6.02. The number of hydrogen-bond acceptors (Lipinski definition) is 1. The van der Waals surface area contributed by atoms with Gasteiger partial charge in [0.2, 0.25) is 0 Å². The van der Waals surface area contributed by atoms with Gasteiger partial charge in [-0.15, -0.1) is 0 Å². The van der Waals surface area contributed by atoms with Gasteiger partial charge in [0.1, 0.15) is 11.6 Å². The zero-order valence-electron chi connectivity index (χ0n) is 10.1. The van der Waals surface area contributed by atoms with E-state index in [1.807, 2.05) is 36.4 Å². The van der Waals surface area contributed by atoms with Crippen LogP contribution in [0.25, 0.3) is 6.08 Å². The van der Waals surface area contributed by atoms with Crippen LogP contribution in [0, 0.1) is 17.7 Å². The van der Waals surface area contributed by atoms with Crippen molar-refractivity contribution in [2.75, 3.05) is 0 Å². The molecule has 1 heterocycles. The van der Waals surface area contributed by atoms with Gasteiger partial charge in [-0.25, -0.2) is 4.39 Å². The van der Waals surface area contributed by atoms with Crippen LogP contribution in [0.4, 0.5) is 4.39 Å². The van der Waals surface area contributed by atoms with E-state index in [4.69, 9.17) is 4.74 Å². The van der Waals surface area contributed by atoms with Crippen molar-refractivity contribution in [3.63, 3.8) is 0 Å². The van der Waals surface area contributed by atoms with Gasteiger partial charge in [0.15, 0.2) is 6.10 Å². The van der Waals surface area contributed by atoms with E-state index in [-0.39, 0.29) is 11.9 Å². The molecule has 1 nitrogen and oxygen atoms in total. The smallest absolute Gasteiger partial charge is 0.178 e. The maximum Gasteiger partial charge on any atom is 0.178 e. The minimum Gasteiger partial charge on any atom is -0.473 e. The molecule has 0 saturated carbocycles. The van der Waals surface area contributed by atoms with E-state index in [0.717, 1.165) is 16.9 Å². The summed E-state index contributed by atoms with van der Waals surface area (Å²) in [6, 6.07) is 13.9. The second kappa shape index (κ2) is 4.99. The molecule has 1 atom stereocenters. The third kappa shape index (κ3) is 2.66. The number of halogens is 1. The molecule has 0 aliphatic carbocycles. The highest BCUT2D eigenvalue weighted by Crippen LogP contribution is 2.24. The number of ether oxygens (including phenoxy) is 1. The Bertz CT molecular complexity index is 674. The summed E-state index contributed by atoms with van der Waals surface area (Å²) >= 11 is 0. The molecule has 92 valence electrons. The van der Waals surface area contributed by atoms with Crippen molar-refractivity contribution >= 4 is 6.08 Å². The van der Waals surface area contributed by atoms with Gasteiger partial charge in [0, 0.05) is 11.1 Å². The fraction of sp³-hybridized carbons (Fsp3) is 0.0588. The Kier molecular flexibility index (Phi) is 3.04. The quantitative estimate of drug-likeness (QED) is 0.648. The average molecular weight is 250 g/mol. The van der Waals surface area contributed by atoms with E-state index in [1.165, 1.54) is 12.1 Å². The summed E-state index contributed by atoms with van der Waals surface area (Å²) in [5, 5.41) is 0. The first-order valence-electron chi connectivity index (χ1n) is 6.02. The largest absolute Gasteiger partial charge is 0.473 e. The Labute approximate surface area is 111 Å². The van der Waals surface area contributed by atoms with E-state index in [1.54, 1.807) is 12.1 Å². The summed E-state index contributed by atoms with van der Waals surface area (Å²) in [4.78, 5) is 0. The zero-order valence-corrected chi connectivity index (χ0v) is 10.1. The molecule has 3 rings (SSSR count). The van der Waals surface area contributed by atoms with Crippen LogP contribution in [0.15, 0.2) is 54.6 Å². The van der Waals surface area contributed by atoms with E-state index in [0.29, 0.717) is 0 Å². The molecule has 2 aromatic rings. The van der Waals surface area contributed by atoms with E-state index >= 15 is 0 Å². The zero-order chi connectivity index (χ0) is 13.1. The Morgan fingerprint density at radius 1 is 1.00 bits per heavy atom. The van der Waals surface area contributed by atoms with Crippen LogP contribution >= 0.6 is 0 Å². The van der Waals surface area contributed by atoms with Gasteiger partial charge in [-0.3, -0.25) is 0 Å². The Morgan fingerprint density at radius 2 is 1.79 bits per heavy atom. The highest BCUT2D eigenvalue weighted by atomic mass is 19.1. The third-order valence-corrected chi connectivity index (χ3v) is 2.83. The Hall–Kier alpha value is -2.53. The van der Waals surface area contributed by atoms with Gasteiger partial charge in [0.05, 0.1) is 0 Å². The van der Waals surface area contributed by atoms with Crippen molar-refractivity contribution in [2.45, 2.75) is 6.10 Å². The molecule has 0 radical (unpaired) electrons. The molecule has 0 spiro atoms. The fourth-order valence-corrected chi connectivity index (χ4v) is 1.86. The normalized spacial score (nSPS) is 15.9. The van der Waals surface area contributed by atoms with Gasteiger partial charge in [0.25, 0.3) is 0 Å².